The van der Waals surface area contributed by atoms with Crippen molar-refractivity contribution in [2.24, 2.45) is 0 Å². The lowest BCUT2D eigenvalue weighted by Crippen LogP contribution is -2.24. The highest BCUT2D eigenvalue weighted by molar-refractivity contribution is 7.99. The number of rotatable bonds is 9. The number of aryl methyl sites for hydroxylation is 1. The molecule has 2 heterocycles. The van der Waals surface area contributed by atoms with Crippen LogP contribution in [0.3, 0.4) is 0 Å². The van der Waals surface area contributed by atoms with Crippen LogP contribution in [0.25, 0.3) is 22.0 Å². The van der Waals surface area contributed by atoms with Crippen molar-refractivity contribution in [2.45, 2.75) is 31.0 Å². The first-order chi connectivity index (χ1) is 14.7. The number of benzene rings is 2. The number of halogens is 1. The van der Waals surface area contributed by atoms with Crippen molar-refractivity contribution >= 4 is 45.4 Å². The Morgan fingerprint density at radius 3 is 2.83 bits per heavy atom. The van der Waals surface area contributed by atoms with E-state index in [1.54, 1.807) is 41.6 Å². The molecule has 30 heavy (non-hydrogen) atoms. The summed E-state index contributed by atoms with van der Waals surface area (Å²) in [6.07, 6.45) is 2.33. The third-order valence-electron chi connectivity index (χ3n) is 4.72. The molecule has 156 valence electrons. The first kappa shape index (κ1) is 20.9. The van der Waals surface area contributed by atoms with Gasteiger partial charge in [0, 0.05) is 37.5 Å². The summed E-state index contributed by atoms with van der Waals surface area (Å²) in [6, 6.07) is 12.9. The highest BCUT2D eigenvalue weighted by Crippen LogP contribution is 2.22. The number of aromatic nitrogens is 3. The van der Waals surface area contributed by atoms with Crippen LogP contribution in [0, 0.1) is 0 Å². The minimum atomic E-state index is -0.0470. The van der Waals surface area contributed by atoms with Crippen molar-refractivity contribution in [3.63, 3.8) is 0 Å². The zero-order chi connectivity index (χ0) is 20.9. The topological polar surface area (TPSA) is 70.2 Å². The zero-order valence-electron chi connectivity index (χ0n) is 16.6. The Bertz CT molecular complexity index is 1190. The zero-order valence-corrected chi connectivity index (χ0v) is 18.2. The average Bonchev–Trinajstić information content (AvgIpc) is 3.16. The van der Waals surface area contributed by atoms with Crippen LogP contribution in [0.2, 0.25) is 5.02 Å². The molecule has 0 radical (unpaired) electrons. The minimum absolute atomic E-state index is 0.0470. The van der Waals surface area contributed by atoms with Gasteiger partial charge < -0.3 is 9.15 Å². The Hall–Kier alpha value is -2.35. The van der Waals surface area contributed by atoms with Gasteiger partial charge in [0.25, 0.3) is 5.56 Å². The lowest BCUT2D eigenvalue weighted by molar-refractivity contribution is 0.189. The quantitative estimate of drug-likeness (QED) is 0.207. The Morgan fingerprint density at radius 2 is 2.00 bits per heavy atom. The second kappa shape index (κ2) is 9.64. The SMILES string of the molecule is COCCCn1c(SCCCc2nc3ccccc3o2)nc2cc(Cl)ccc2c1=O. The second-order valence-electron chi connectivity index (χ2n) is 6.89. The van der Waals surface area contributed by atoms with E-state index in [-0.39, 0.29) is 5.56 Å². The minimum Gasteiger partial charge on any atom is -0.441 e. The van der Waals surface area contributed by atoms with Gasteiger partial charge in [-0.15, -0.1) is 0 Å². The maximum atomic E-state index is 13.0. The molecule has 0 aliphatic rings. The van der Waals surface area contributed by atoms with Gasteiger partial charge in [-0.1, -0.05) is 35.5 Å². The van der Waals surface area contributed by atoms with Crippen LogP contribution in [0.4, 0.5) is 0 Å². The first-order valence-electron chi connectivity index (χ1n) is 9.82. The molecule has 0 fully saturated rings. The number of ether oxygens (including phenoxy) is 1. The van der Waals surface area contributed by atoms with Crippen molar-refractivity contribution < 1.29 is 9.15 Å². The number of oxazole rings is 1. The number of nitrogens with zero attached hydrogens (tertiary/aromatic N) is 3. The summed E-state index contributed by atoms with van der Waals surface area (Å²) in [4.78, 5) is 22.2. The number of hydrogen-bond donors (Lipinski definition) is 0. The third kappa shape index (κ3) is 4.69. The standard InChI is InChI=1S/C22H22ClN3O3S/c1-28-12-5-11-26-21(27)16-10-9-15(23)14-18(16)25-22(26)30-13-4-8-20-24-17-6-2-3-7-19(17)29-20/h2-3,6-7,9-10,14H,4-5,8,11-13H2,1H3. The smallest absolute Gasteiger partial charge is 0.262 e. The largest absolute Gasteiger partial charge is 0.441 e. The summed E-state index contributed by atoms with van der Waals surface area (Å²) in [5.41, 5.74) is 2.26. The van der Waals surface area contributed by atoms with Crippen molar-refractivity contribution in [1.82, 2.24) is 14.5 Å². The molecule has 0 amide bonds. The summed E-state index contributed by atoms with van der Waals surface area (Å²) in [5.74, 6) is 1.52. The third-order valence-corrected chi connectivity index (χ3v) is 6.01. The monoisotopic (exact) mass is 443 g/mol. The summed E-state index contributed by atoms with van der Waals surface area (Å²) in [5, 5.41) is 1.84. The lowest BCUT2D eigenvalue weighted by atomic mass is 10.2. The van der Waals surface area contributed by atoms with E-state index in [1.165, 1.54) is 0 Å². The van der Waals surface area contributed by atoms with Gasteiger partial charge >= 0.3 is 0 Å². The molecule has 0 aliphatic carbocycles. The lowest BCUT2D eigenvalue weighted by Gasteiger charge is -2.13. The predicted octanol–water partition coefficient (Wildman–Crippen LogP) is 4.95. The van der Waals surface area contributed by atoms with Gasteiger partial charge in [-0.2, -0.15) is 0 Å². The van der Waals surface area contributed by atoms with Crippen molar-refractivity contribution in [1.29, 1.82) is 0 Å². The number of fused-ring (bicyclic) bond motifs is 2. The maximum Gasteiger partial charge on any atom is 0.262 e. The highest BCUT2D eigenvalue weighted by atomic mass is 35.5. The fourth-order valence-electron chi connectivity index (χ4n) is 3.26. The van der Waals surface area contributed by atoms with Crippen molar-refractivity contribution in [3.05, 3.63) is 63.7 Å². The van der Waals surface area contributed by atoms with Crippen LogP contribution in [-0.4, -0.2) is 34.0 Å². The van der Waals surface area contributed by atoms with Gasteiger partial charge in [-0.3, -0.25) is 9.36 Å². The van der Waals surface area contributed by atoms with Crippen LogP contribution in [0.1, 0.15) is 18.7 Å². The Kier molecular flexibility index (Phi) is 6.72. The van der Waals surface area contributed by atoms with Gasteiger partial charge in [0.05, 0.1) is 10.9 Å². The van der Waals surface area contributed by atoms with E-state index in [0.717, 1.165) is 42.0 Å². The summed E-state index contributed by atoms with van der Waals surface area (Å²) in [6.45, 7) is 1.15. The molecule has 4 rings (SSSR count). The molecule has 0 aliphatic heterocycles. The van der Waals surface area contributed by atoms with Crippen molar-refractivity contribution in [3.8, 4) is 0 Å². The molecule has 0 unspecified atom stereocenters. The number of thioether (sulfide) groups is 1. The number of methoxy groups -OCH3 is 1. The molecule has 0 N–H and O–H groups in total. The Balaban J connectivity index is 1.49. The van der Waals surface area contributed by atoms with Crippen molar-refractivity contribution in [2.75, 3.05) is 19.5 Å². The normalized spacial score (nSPS) is 11.5. The average molecular weight is 444 g/mol. The van der Waals surface area contributed by atoms with E-state index in [1.807, 2.05) is 24.3 Å². The molecule has 8 heteroatoms. The maximum absolute atomic E-state index is 13.0. The van der Waals surface area contributed by atoms with E-state index in [9.17, 15) is 4.79 Å². The van der Waals surface area contributed by atoms with Gasteiger partial charge in [0.15, 0.2) is 16.6 Å². The number of para-hydroxylation sites is 2. The van der Waals surface area contributed by atoms with E-state index in [2.05, 4.69) is 4.98 Å². The molecule has 0 saturated heterocycles. The van der Waals surface area contributed by atoms with Gasteiger partial charge in [-0.25, -0.2) is 9.97 Å². The molecule has 0 atom stereocenters. The molecule has 6 nitrogen and oxygen atoms in total. The van der Waals surface area contributed by atoms with Gasteiger partial charge in [0.1, 0.15) is 5.52 Å². The molecule has 0 bridgehead atoms. The Labute approximate surface area is 183 Å². The number of hydrogen-bond acceptors (Lipinski definition) is 6. The second-order valence-corrected chi connectivity index (χ2v) is 8.38. The van der Waals surface area contributed by atoms with E-state index >= 15 is 0 Å². The molecule has 4 aromatic rings. The molecule has 0 saturated carbocycles. The Morgan fingerprint density at radius 1 is 1.13 bits per heavy atom. The molecule has 0 spiro atoms. The fraction of sp³-hybridized carbons (Fsp3) is 0.318. The van der Waals surface area contributed by atoms with Gasteiger partial charge in [-0.05, 0) is 43.2 Å². The summed E-state index contributed by atoms with van der Waals surface area (Å²) < 4.78 is 12.7. The van der Waals surface area contributed by atoms with Gasteiger partial charge in [0.2, 0.25) is 0 Å². The molecule has 2 aromatic heterocycles. The van der Waals surface area contributed by atoms with E-state index in [0.29, 0.717) is 34.2 Å². The van der Waals surface area contributed by atoms with Crippen LogP contribution in [0.15, 0.2) is 56.8 Å². The molecular weight excluding hydrogens is 422 g/mol. The van der Waals surface area contributed by atoms with Crippen LogP contribution < -0.4 is 5.56 Å². The fourth-order valence-corrected chi connectivity index (χ4v) is 4.39. The van der Waals surface area contributed by atoms with E-state index < -0.39 is 0 Å². The summed E-state index contributed by atoms with van der Waals surface area (Å²) >= 11 is 7.67. The van der Waals surface area contributed by atoms with E-state index in [4.69, 9.17) is 25.7 Å². The summed E-state index contributed by atoms with van der Waals surface area (Å²) in [7, 11) is 1.66. The highest BCUT2D eigenvalue weighted by Gasteiger charge is 2.12. The first-order valence-corrected chi connectivity index (χ1v) is 11.2. The van der Waals surface area contributed by atoms with Crippen LogP contribution in [0.5, 0.6) is 0 Å². The van der Waals surface area contributed by atoms with Crippen LogP contribution >= 0.6 is 23.4 Å². The van der Waals surface area contributed by atoms with Crippen LogP contribution in [-0.2, 0) is 17.7 Å². The molecular formula is C22H22ClN3O3S. The molecule has 2 aromatic carbocycles. The predicted molar refractivity (Wildman–Crippen MR) is 121 cm³/mol.